The van der Waals surface area contributed by atoms with Crippen molar-refractivity contribution >= 4 is 21.7 Å². The van der Waals surface area contributed by atoms with E-state index in [4.69, 9.17) is 10.5 Å². The third-order valence-corrected chi connectivity index (χ3v) is 10.1. The minimum absolute atomic E-state index is 0.0172. The highest BCUT2D eigenvalue weighted by molar-refractivity contribution is 7.92. The molecule has 10 nitrogen and oxygen atoms in total. The topological polar surface area (TPSA) is 127 Å². The van der Waals surface area contributed by atoms with Crippen LogP contribution in [0.2, 0.25) is 0 Å². The molecule has 0 spiro atoms. The normalized spacial score (nSPS) is 23.9. The smallest absolute Gasteiger partial charge is 0.213 e. The molecule has 39 heavy (non-hydrogen) atoms. The molecular weight excluding hydrogens is 514 g/mol. The van der Waals surface area contributed by atoms with Crippen LogP contribution in [0.15, 0.2) is 34.2 Å². The maximum absolute atomic E-state index is 13.0. The number of rotatable bonds is 7. The molecular formula is C28H41N7O3S. The molecule has 0 bridgehead atoms. The van der Waals surface area contributed by atoms with Crippen LogP contribution >= 0.6 is 0 Å². The number of aliphatic imine (C=N–C) groups is 1. The lowest BCUT2D eigenvalue weighted by molar-refractivity contribution is 0.245. The predicted octanol–water partition coefficient (Wildman–Crippen LogP) is 3.22. The van der Waals surface area contributed by atoms with Crippen molar-refractivity contribution in [1.82, 2.24) is 20.0 Å². The molecule has 0 saturated carbocycles. The van der Waals surface area contributed by atoms with Gasteiger partial charge in [-0.2, -0.15) is 5.10 Å². The lowest BCUT2D eigenvalue weighted by atomic mass is 9.81. The van der Waals surface area contributed by atoms with Gasteiger partial charge in [0.05, 0.1) is 16.5 Å². The van der Waals surface area contributed by atoms with E-state index in [0.717, 1.165) is 43.7 Å². The monoisotopic (exact) mass is 555 g/mol. The third-order valence-electron chi connectivity index (χ3n) is 8.03. The predicted molar refractivity (Wildman–Crippen MR) is 154 cm³/mol. The van der Waals surface area contributed by atoms with Crippen LogP contribution in [-0.4, -0.2) is 60.8 Å². The number of piperidine rings is 1. The molecule has 4 N–H and O–H groups in total. The van der Waals surface area contributed by atoms with E-state index in [1.807, 2.05) is 6.92 Å². The summed E-state index contributed by atoms with van der Waals surface area (Å²) in [7, 11) is -1.42. The average Bonchev–Trinajstić information content (AvgIpc) is 3.47. The van der Waals surface area contributed by atoms with E-state index in [9.17, 15) is 8.42 Å². The Kier molecular flexibility index (Phi) is 7.28. The minimum atomic E-state index is -3.60. The van der Waals surface area contributed by atoms with Crippen molar-refractivity contribution < 1.29 is 13.2 Å². The molecule has 2 atom stereocenters. The van der Waals surface area contributed by atoms with Gasteiger partial charge in [0.1, 0.15) is 17.7 Å². The Morgan fingerprint density at radius 2 is 2.03 bits per heavy atom. The summed E-state index contributed by atoms with van der Waals surface area (Å²) >= 11 is 0. The molecule has 1 saturated heterocycles. The summed E-state index contributed by atoms with van der Waals surface area (Å²) in [5, 5.41) is 10.3. The first-order valence-electron chi connectivity index (χ1n) is 13.9. The van der Waals surface area contributed by atoms with Gasteiger partial charge < -0.3 is 20.3 Å². The van der Waals surface area contributed by atoms with Gasteiger partial charge in [0.25, 0.3) is 0 Å². The molecule has 212 valence electrons. The minimum Gasteiger partial charge on any atom is -0.490 e. The maximum atomic E-state index is 13.0. The highest BCUT2D eigenvalue weighted by atomic mass is 32.2. The standard InChI is InChI=1S/C28H41N7O3S/c1-7-35-16-23(27(33-35)39(36,37)17(2)3)31-24-8-11-30-28(29,32-24)22-14-18(4)25(20-9-12-34(6)13-10-20)21-15-19(5)38-26(21)22/h8,11,14,16-17,19-20,31-32H,7,9-10,12-13,15,29H2,1-6H3. The maximum Gasteiger partial charge on any atom is 0.213 e. The van der Waals surface area contributed by atoms with Gasteiger partial charge in [-0.3, -0.25) is 10.4 Å². The van der Waals surface area contributed by atoms with Gasteiger partial charge in [0.15, 0.2) is 0 Å². The van der Waals surface area contributed by atoms with Crippen LogP contribution in [0, 0.1) is 6.92 Å². The molecule has 1 fully saturated rings. The number of aryl methyl sites for hydroxylation is 2. The first-order valence-corrected chi connectivity index (χ1v) is 15.4. The lowest BCUT2D eigenvalue weighted by Gasteiger charge is -2.35. The largest absolute Gasteiger partial charge is 0.490 e. The van der Waals surface area contributed by atoms with Gasteiger partial charge in [0, 0.05) is 30.9 Å². The first-order chi connectivity index (χ1) is 18.4. The summed E-state index contributed by atoms with van der Waals surface area (Å²) in [5.41, 5.74) is 12.0. The number of allylic oxidation sites excluding steroid dienone is 1. The average molecular weight is 556 g/mol. The molecule has 1 aromatic heterocycles. The van der Waals surface area contributed by atoms with Gasteiger partial charge in [0.2, 0.25) is 20.7 Å². The Bertz CT molecular complexity index is 1420. The molecule has 3 aliphatic rings. The van der Waals surface area contributed by atoms with Crippen LogP contribution < -0.4 is 21.1 Å². The Hall–Kier alpha value is -2.89. The number of nitrogens with two attached hydrogens (primary N) is 1. The molecule has 3 aliphatic heterocycles. The summed E-state index contributed by atoms with van der Waals surface area (Å²) in [6.07, 6.45) is 8.24. The second kappa shape index (κ2) is 10.3. The first kappa shape index (κ1) is 27.7. The van der Waals surface area contributed by atoms with Gasteiger partial charge in [-0.25, -0.2) is 13.4 Å². The van der Waals surface area contributed by atoms with Crippen molar-refractivity contribution in [2.75, 3.05) is 25.5 Å². The number of hydrogen-bond acceptors (Lipinski definition) is 9. The molecule has 11 heteroatoms. The highest BCUT2D eigenvalue weighted by Crippen LogP contribution is 2.45. The number of anilines is 1. The molecule has 2 aromatic rings. The van der Waals surface area contributed by atoms with Crippen LogP contribution in [0.3, 0.4) is 0 Å². The summed E-state index contributed by atoms with van der Waals surface area (Å²) in [6.45, 7) is 12.2. The van der Waals surface area contributed by atoms with Crippen molar-refractivity contribution in [2.24, 2.45) is 10.7 Å². The Morgan fingerprint density at radius 3 is 2.69 bits per heavy atom. The molecule has 5 rings (SSSR count). The second-order valence-corrected chi connectivity index (χ2v) is 13.8. The molecule has 0 radical (unpaired) electrons. The number of likely N-dealkylation sites (tertiary alicyclic amines) is 1. The SMILES string of the molecule is CCn1cc(NC2=CC=NC(N)(c3cc(C)c(C4CCN(C)CC4)c4c3OC(C)C4)N2)c(S(=O)(=O)C(C)C)n1. The number of ether oxygens (including phenoxy) is 1. The Balaban J connectivity index is 1.48. The number of nitrogens with zero attached hydrogens (tertiary/aromatic N) is 4. The number of sulfone groups is 1. The van der Waals surface area contributed by atoms with E-state index in [1.54, 1.807) is 37.0 Å². The van der Waals surface area contributed by atoms with Crippen LogP contribution in [0.5, 0.6) is 5.75 Å². The van der Waals surface area contributed by atoms with E-state index in [1.165, 1.54) is 16.7 Å². The quantitative estimate of drug-likeness (QED) is 0.475. The fraction of sp³-hybridized carbons (Fsp3) is 0.571. The lowest BCUT2D eigenvalue weighted by Crippen LogP contribution is -2.51. The zero-order valence-electron chi connectivity index (χ0n) is 23.8. The number of hydrogen-bond donors (Lipinski definition) is 3. The number of nitrogens with one attached hydrogen (secondary N) is 2. The molecule has 4 heterocycles. The van der Waals surface area contributed by atoms with E-state index >= 15 is 0 Å². The number of aromatic nitrogens is 2. The van der Waals surface area contributed by atoms with Crippen LogP contribution in [0.1, 0.15) is 68.7 Å². The molecule has 2 unspecified atom stereocenters. The van der Waals surface area contributed by atoms with Crippen molar-refractivity contribution in [3.63, 3.8) is 0 Å². The highest BCUT2D eigenvalue weighted by Gasteiger charge is 2.39. The zero-order chi connectivity index (χ0) is 28.1. The Labute approximate surface area is 231 Å². The molecule has 0 aliphatic carbocycles. The summed E-state index contributed by atoms with van der Waals surface area (Å²) < 4.78 is 34.0. The number of fused-ring (bicyclic) bond motifs is 1. The van der Waals surface area contributed by atoms with Crippen molar-refractivity contribution in [3.05, 3.63) is 46.4 Å². The fourth-order valence-corrected chi connectivity index (χ4v) is 6.92. The fourth-order valence-electron chi connectivity index (χ4n) is 5.85. The van der Waals surface area contributed by atoms with Gasteiger partial charge in [-0.15, -0.1) is 0 Å². The summed E-state index contributed by atoms with van der Waals surface area (Å²) in [5.74, 6) is 0.555. The second-order valence-electron chi connectivity index (χ2n) is 11.3. The summed E-state index contributed by atoms with van der Waals surface area (Å²) in [4.78, 5) is 7.03. The van der Waals surface area contributed by atoms with Crippen LogP contribution in [0.4, 0.5) is 5.69 Å². The van der Waals surface area contributed by atoms with Crippen LogP contribution in [0.25, 0.3) is 0 Å². The van der Waals surface area contributed by atoms with E-state index in [2.05, 4.69) is 52.6 Å². The van der Waals surface area contributed by atoms with Gasteiger partial charge in [-0.1, -0.05) is 0 Å². The van der Waals surface area contributed by atoms with Gasteiger partial charge in [-0.05, 0) is 96.8 Å². The molecule has 0 amide bonds. The van der Waals surface area contributed by atoms with E-state index < -0.39 is 20.9 Å². The Morgan fingerprint density at radius 1 is 1.31 bits per heavy atom. The molecule has 1 aromatic carbocycles. The van der Waals surface area contributed by atoms with Crippen molar-refractivity contribution in [2.45, 2.75) is 88.5 Å². The van der Waals surface area contributed by atoms with Crippen LogP contribution in [-0.2, 0) is 28.6 Å². The van der Waals surface area contributed by atoms with E-state index in [-0.39, 0.29) is 11.1 Å². The number of benzene rings is 1. The van der Waals surface area contributed by atoms with Crippen molar-refractivity contribution in [1.29, 1.82) is 0 Å². The zero-order valence-corrected chi connectivity index (χ0v) is 24.6. The third kappa shape index (κ3) is 5.07. The van der Waals surface area contributed by atoms with E-state index in [0.29, 0.717) is 24.0 Å². The van der Waals surface area contributed by atoms with Crippen molar-refractivity contribution in [3.8, 4) is 5.75 Å². The van der Waals surface area contributed by atoms with Gasteiger partial charge >= 0.3 is 0 Å². The summed E-state index contributed by atoms with van der Waals surface area (Å²) in [6, 6.07) is 2.11.